The lowest BCUT2D eigenvalue weighted by molar-refractivity contribution is -0.384. The van der Waals surface area contributed by atoms with Crippen molar-refractivity contribution >= 4 is 11.4 Å². The van der Waals surface area contributed by atoms with Crippen LogP contribution in [0, 0.1) is 17.0 Å². The van der Waals surface area contributed by atoms with Crippen LogP contribution in [0.1, 0.15) is 22.3 Å². The van der Waals surface area contributed by atoms with Crippen molar-refractivity contribution < 1.29 is 4.92 Å². The molecule has 4 nitrogen and oxygen atoms in total. The smallest absolute Gasteiger partial charge is 0.269 e. The summed E-state index contributed by atoms with van der Waals surface area (Å²) in [5.74, 6) is 0. The van der Waals surface area contributed by atoms with Gasteiger partial charge in [-0.25, -0.2) is 0 Å². The summed E-state index contributed by atoms with van der Waals surface area (Å²) in [7, 11) is 0. The SMILES string of the molecule is Cc1ccc(Cc2cc([N+](=O)[O-])ccc2NCc2ccccc2)cc1. The van der Waals surface area contributed by atoms with Crippen LogP contribution < -0.4 is 5.32 Å². The average Bonchev–Trinajstić information content (AvgIpc) is 2.63. The van der Waals surface area contributed by atoms with Gasteiger partial charge in [-0.15, -0.1) is 0 Å². The van der Waals surface area contributed by atoms with Crippen molar-refractivity contribution in [2.24, 2.45) is 0 Å². The van der Waals surface area contributed by atoms with Crippen molar-refractivity contribution in [3.05, 3.63) is 105 Å². The molecule has 3 rings (SSSR count). The Morgan fingerprint density at radius 1 is 0.920 bits per heavy atom. The standard InChI is InChI=1S/C21H20N2O2/c1-16-7-9-17(10-8-16)13-19-14-20(23(24)25)11-12-21(19)22-15-18-5-3-2-4-6-18/h2-12,14,22H,13,15H2,1H3. The van der Waals surface area contributed by atoms with Gasteiger partial charge < -0.3 is 5.32 Å². The number of nitrogens with one attached hydrogen (secondary N) is 1. The van der Waals surface area contributed by atoms with E-state index in [2.05, 4.69) is 41.7 Å². The van der Waals surface area contributed by atoms with Gasteiger partial charge in [-0.1, -0.05) is 60.2 Å². The molecular weight excluding hydrogens is 312 g/mol. The number of nitro benzene ring substituents is 1. The first-order valence-electron chi connectivity index (χ1n) is 8.22. The van der Waals surface area contributed by atoms with Gasteiger partial charge in [-0.3, -0.25) is 10.1 Å². The van der Waals surface area contributed by atoms with E-state index < -0.39 is 0 Å². The quantitative estimate of drug-likeness (QED) is 0.504. The zero-order valence-corrected chi connectivity index (χ0v) is 14.1. The molecule has 126 valence electrons. The van der Waals surface area contributed by atoms with E-state index in [4.69, 9.17) is 0 Å². The lowest BCUT2D eigenvalue weighted by Crippen LogP contribution is -2.04. The first-order valence-corrected chi connectivity index (χ1v) is 8.22. The van der Waals surface area contributed by atoms with E-state index in [1.54, 1.807) is 18.2 Å². The third kappa shape index (κ3) is 4.44. The van der Waals surface area contributed by atoms with Crippen LogP contribution in [0.5, 0.6) is 0 Å². The number of anilines is 1. The molecule has 0 spiro atoms. The third-order valence-electron chi connectivity index (χ3n) is 4.14. The van der Waals surface area contributed by atoms with Crippen LogP contribution >= 0.6 is 0 Å². The van der Waals surface area contributed by atoms with E-state index in [1.165, 1.54) is 11.1 Å². The molecule has 4 heteroatoms. The average molecular weight is 332 g/mol. The Morgan fingerprint density at radius 3 is 2.32 bits per heavy atom. The maximum Gasteiger partial charge on any atom is 0.269 e. The van der Waals surface area contributed by atoms with Crippen LogP contribution in [0.4, 0.5) is 11.4 Å². The minimum Gasteiger partial charge on any atom is -0.381 e. The molecule has 0 heterocycles. The van der Waals surface area contributed by atoms with Crippen molar-refractivity contribution in [1.29, 1.82) is 0 Å². The molecule has 0 unspecified atom stereocenters. The summed E-state index contributed by atoms with van der Waals surface area (Å²) in [5, 5.41) is 14.5. The summed E-state index contributed by atoms with van der Waals surface area (Å²) < 4.78 is 0. The first kappa shape index (κ1) is 16.7. The maximum absolute atomic E-state index is 11.1. The Morgan fingerprint density at radius 2 is 1.64 bits per heavy atom. The van der Waals surface area contributed by atoms with Crippen molar-refractivity contribution in [3.8, 4) is 0 Å². The fourth-order valence-corrected chi connectivity index (χ4v) is 2.73. The second-order valence-electron chi connectivity index (χ2n) is 6.10. The van der Waals surface area contributed by atoms with Gasteiger partial charge in [-0.05, 0) is 36.1 Å². The van der Waals surface area contributed by atoms with Gasteiger partial charge in [0.1, 0.15) is 0 Å². The molecule has 0 bridgehead atoms. The molecule has 3 aromatic rings. The van der Waals surface area contributed by atoms with E-state index >= 15 is 0 Å². The van der Waals surface area contributed by atoms with Gasteiger partial charge >= 0.3 is 0 Å². The van der Waals surface area contributed by atoms with Crippen molar-refractivity contribution in [1.82, 2.24) is 0 Å². The number of benzene rings is 3. The second kappa shape index (κ2) is 7.62. The number of nitrogens with zero attached hydrogens (tertiary/aromatic N) is 1. The lowest BCUT2D eigenvalue weighted by Gasteiger charge is -2.13. The molecule has 3 aromatic carbocycles. The first-order chi connectivity index (χ1) is 12.1. The van der Waals surface area contributed by atoms with Crippen LogP contribution in [0.2, 0.25) is 0 Å². The van der Waals surface area contributed by atoms with E-state index in [9.17, 15) is 10.1 Å². The highest BCUT2D eigenvalue weighted by molar-refractivity contribution is 5.57. The highest BCUT2D eigenvalue weighted by atomic mass is 16.6. The van der Waals surface area contributed by atoms with Gasteiger partial charge in [-0.2, -0.15) is 0 Å². The molecule has 25 heavy (non-hydrogen) atoms. The normalized spacial score (nSPS) is 10.4. The van der Waals surface area contributed by atoms with Crippen LogP contribution in [0.25, 0.3) is 0 Å². The van der Waals surface area contributed by atoms with Crippen LogP contribution in [0.3, 0.4) is 0 Å². The number of aryl methyl sites for hydroxylation is 1. The van der Waals surface area contributed by atoms with Gasteiger partial charge in [0.05, 0.1) is 4.92 Å². The Kier molecular flexibility index (Phi) is 5.09. The maximum atomic E-state index is 11.1. The van der Waals surface area contributed by atoms with Crippen molar-refractivity contribution in [3.63, 3.8) is 0 Å². The molecule has 0 radical (unpaired) electrons. The summed E-state index contributed by atoms with van der Waals surface area (Å²) in [6.45, 7) is 2.73. The number of nitro groups is 1. The monoisotopic (exact) mass is 332 g/mol. The predicted molar refractivity (Wildman–Crippen MR) is 101 cm³/mol. The number of hydrogen-bond donors (Lipinski definition) is 1. The van der Waals surface area contributed by atoms with Gasteiger partial charge in [0.25, 0.3) is 5.69 Å². The molecule has 0 fully saturated rings. The molecule has 0 aliphatic heterocycles. The molecular formula is C21H20N2O2. The molecule has 0 aliphatic carbocycles. The van der Waals surface area contributed by atoms with E-state index in [0.29, 0.717) is 13.0 Å². The van der Waals surface area contributed by atoms with Gasteiger partial charge in [0.2, 0.25) is 0 Å². The zero-order chi connectivity index (χ0) is 17.6. The fourth-order valence-electron chi connectivity index (χ4n) is 2.73. The van der Waals surface area contributed by atoms with E-state index in [1.807, 2.05) is 25.1 Å². The molecule has 0 aromatic heterocycles. The van der Waals surface area contributed by atoms with Crippen LogP contribution in [-0.4, -0.2) is 4.92 Å². The molecule has 0 saturated heterocycles. The van der Waals surface area contributed by atoms with Gasteiger partial charge in [0, 0.05) is 24.4 Å². The lowest BCUT2D eigenvalue weighted by atomic mass is 10.0. The van der Waals surface area contributed by atoms with Crippen molar-refractivity contribution in [2.75, 3.05) is 5.32 Å². The number of non-ortho nitro benzene ring substituents is 1. The minimum atomic E-state index is -0.348. The molecule has 1 N–H and O–H groups in total. The Labute approximate surface area is 147 Å². The largest absolute Gasteiger partial charge is 0.381 e. The molecule has 0 amide bonds. The fraction of sp³-hybridized carbons (Fsp3) is 0.143. The highest BCUT2D eigenvalue weighted by Crippen LogP contribution is 2.25. The minimum absolute atomic E-state index is 0.118. The summed E-state index contributed by atoms with van der Waals surface area (Å²) >= 11 is 0. The van der Waals surface area contributed by atoms with Crippen LogP contribution in [0.15, 0.2) is 72.8 Å². The van der Waals surface area contributed by atoms with E-state index in [0.717, 1.165) is 16.8 Å². The van der Waals surface area contributed by atoms with Crippen molar-refractivity contribution in [2.45, 2.75) is 19.9 Å². The van der Waals surface area contributed by atoms with E-state index in [-0.39, 0.29) is 10.6 Å². The Hall–Kier alpha value is -3.14. The molecule has 0 saturated carbocycles. The molecule has 0 aliphatic rings. The number of rotatable bonds is 6. The zero-order valence-electron chi connectivity index (χ0n) is 14.1. The summed E-state index contributed by atoms with van der Waals surface area (Å²) in [5.41, 5.74) is 5.47. The highest BCUT2D eigenvalue weighted by Gasteiger charge is 2.11. The van der Waals surface area contributed by atoms with Crippen LogP contribution in [-0.2, 0) is 13.0 Å². The summed E-state index contributed by atoms with van der Waals surface area (Å²) in [6.07, 6.45) is 0.652. The van der Waals surface area contributed by atoms with Gasteiger partial charge in [0.15, 0.2) is 0 Å². The summed E-state index contributed by atoms with van der Waals surface area (Å²) in [6, 6.07) is 23.3. The Balaban J connectivity index is 1.85. The third-order valence-corrected chi connectivity index (χ3v) is 4.14. The number of hydrogen-bond acceptors (Lipinski definition) is 3. The topological polar surface area (TPSA) is 55.2 Å². The Bertz CT molecular complexity index is 859. The second-order valence-corrected chi connectivity index (χ2v) is 6.10. The summed E-state index contributed by atoms with van der Waals surface area (Å²) in [4.78, 5) is 10.8. The molecule has 0 atom stereocenters. The predicted octanol–water partition coefficient (Wildman–Crippen LogP) is 5.11.